The van der Waals surface area contributed by atoms with E-state index in [0.717, 1.165) is 5.56 Å². The maximum Gasteiger partial charge on any atom is 0.511 e. The van der Waals surface area contributed by atoms with E-state index in [-0.39, 0.29) is 12.2 Å². The summed E-state index contributed by atoms with van der Waals surface area (Å²) in [4.78, 5) is 10.8. The van der Waals surface area contributed by atoms with Crippen molar-refractivity contribution in [2.45, 2.75) is 18.5 Å². The van der Waals surface area contributed by atoms with Gasteiger partial charge in [-0.15, -0.1) is 0 Å². The zero-order chi connectivity index (χ0) is 9.54. The minimum atomic E-state index is -0.640. The summed E-state index contributed by atoms with van der Waals surface area (Å²) in [6.07, 6.45) is -1.59. The highest BCUT2D eigenvalue weighted by molar-refractivity contribution is 5.63. The Morgan fingerprint density at radius 1 is 1.07 bits per heavy atom. The van der Waals surface area contributed by atoms with Gasteiger partial charge in [0, 0.05) is 0 Å². The number of carbonyl (C=O) groups excluding carboxylic acids is 1. The molecule has 0 amide bonds. The fraction of sp³-hybridized carbons (Fsp3) is 0.300. The van der Waals surface area contributed by atoms with E-state index >= 15 is 0 Å². The Kier molecular flexibility index (Phi) is 1.52. The monoisotopic (exact) mass is 192 g/mol. The molecule has 0 unspecified atom stereocenters. The maximum atomic E-state index is 10.8. The van der Waals surface area contributed by atoms with Gasteiger partial charge in [0.1, 0.15) is 6.10 Å². The molecule has 3 rings (SSSR count). The summed E-state index contributed by atoms with van der Waals surface area (Å²) in [6, 6.07) is 9.64. The fourth-order valence-electron chi connectivity index (χ4n) is 1.71. The Morgan fingerprint density at radius 2 is 1.86 bits per heavy atom. The van der Waals surface area contributed by atoms with E-state index in [1.807, 2.05) is 30.3 Å². The van der Waals surface area contributed by atoms with Crippen LogP contribution in [0.5, 0.6) is 0 Å². The lowest BCUT2D eigenvalue weighted by Crippen LogP contribution is -2.45. The van der Waals surface area contributed by atoms with Crippen molar-refractivity contribution in [3.63, 3.8) is 0 Å². The van der Waals surface area contributed by atoms with Gasteiger partial charge in [-0.05, 0) is 5.56 Å². The first-order valence-corrected chi connectivity index (χ1v) is 4.42. The highest BCUT2D eigenvalue weighted by atomic mass is 16.9. The van der Waals surface area contributed by atoms with Crippen LogP contribution in [0, 0.1) is 0 Å². The Morgan fingerprint density at radius 3 is 2.57 bits per heavy atom. The van der Waals surface area contributed by atoms with Crippen molar-refractivity contribution >= 4 is 6.16 Å². The third kappa shape index (κ3) is 1.01. The molecule has 4 heteroatoms. The third-order valence-electron chi connectivity index (χ3n) is 2.42. The average Bonchev–Trinajstić information content (AvgIpc) is 2.47. The molecule has 0 N–H and O–H groups in total. The van der Waals surface area contributed by atoms with Gasteiger partial charge in [0.25, 0.3) is 0 Å². The van der Waals surface area contributed by atoms with Crippen LogP contribution in [-0.4, -0.2) is 18.5 Å². The lowest BCUT2D eigenvalue weighted by Gasteiger charge is -2.35. The van der Waals surface area contributed by atoms with E-state index in [1.165, 1.54) is 0 Å². The molecule has 1 aromatic carbocycles. The number of ether oxygens (including phenoxy) is 3. The molecule has 2 aliphatic heterocycles. The minimum Gasteiger partial charge on any atom is -0.421 e. The summed E-state index contributed by atoms with van der Waals surface area (Å²) >= 11 is 0. The summed E-state index contributed by atoms with van der Waals surface area (Å²) in [5, 5.41) is 0. The fourth-order valence-corrected chi connectivity index (χ4v) is 1.71. The van der Waals surface area contributed by atoms with Crippen molar-refractivity contribution in [1.29, 1.82) is 0 Å². The average molecular weight is 192 g/mol. The Bertz CT molecular complexity index is 362. The molecule has 2 heterocycles. The molecule has 1 aromatic rings. The number of rotatable bonds is 1. The molecule has 72 valence electrons. The molecule has 14 heavy (non-hydrogen) atoms. The van der Waals surface area contributed by atoms with Crippen LogP contribution in [-0.2, 0) is 14.2 Å². The number of carbonyl (C=O) groups is 1. The highest BCUT2D eigenvalue weighted by Gasteiger charge is 2.54. The van der Waals surface area contributed by atoms with E-state index in [2.05, 4.69) is 0 Å². The summed E-state index contributed by atoms with van der Waals surface area (Å²) in [5.41, 5.74) is 1.01. The first-order valence-electron chi connectivity index (χ1n) is 4.42. The molecule has 2 aliphatic rings. The van der Waals surface area contributed by atoms with Crippen molar-refractivity contribution in [3.8, 4) is 0 Å². The van der Waals surface area contributed by atoms with E-state index in [0.29, 0.717) is 0 Å². The molecule has 0 spiro atoms. The minimum absolute atomic E-state index is 0.173. The smallest absolute Gasteiger partial charge is 0.421 e. The quantitative estimate of drug-likeness (QED) is 0.634. The molecular weight excluding hydrogens is 184 g/mol. The SMILES string of the molecule is O=C1O[C@H]2O[C@@H](c3ccccc3)[C@H]2O1. The second kappa shape index (κ2) is 2.72. The van der Waals surface area contributed by atoms with Gasteiger partial charge >= 0.3 is 6.16 Å². The van der Waals surface area contributed by atoms with Crippen molar-refractivity contribution in [3.05, 3.63) is 35.9 Å². The molecule has 0 bridgehead atoms. The van der Waals surface area contributed by atoms with Crippen molar-refractivity contribution < 1.29 is 19.0 Å². The van der Waals surface area contributed by atoms with Crippen LogP contribution >= 0.6 is 0 Å². The van der Waals surface area contributed by atoms with E-state index in [4.69, 9.17) is 14.2 Å². The molecular formula is C10H8O4. The van der Waals surface area contributed by atoms with Gasteiger partial charge in [0.15, 0.2) is 6.10 Å². The Balaban J connectivity index is 1.81. The van der Waals surface area contributed by atoms with Gasteiger partial charge < -0.3 is 14.2 Å². The first-order chi connectivity index (χ1) is 6.84. The standard InChI is InChI=1S/C10H8O4/c11-10-13-8-7(12-9(8)14-10)6-4-2-1-3-5-6/h1-5,7-9H/t7-,8+,9+/m0/s1. The molecule has 0 radical (unpaired) electrons. The van der Waals surface area contributed by atoms with Crippen LogP contribution in [0.3, 0.4) is 0 Å². The summed E-state index contributed by atoms with van der Waals surface area (Å²) < 4.78 is 15.0. The lowest BCUT2D eigenvalue weighted by molar-refractivity contribution is -0.256. The van der Waals surface area contributed by atoms with E-state index < -0.39 is 12.4 Å². The largest absolute Gasteiger partial charge is 0.511 e. The molecule has 0 saturated carbocycles. The predicted molar refractivity (Wildman–Crippen MR) is 45.4 cm³/mol. The third-order valence-corrected chi connectivity index (χ3v) is 2.42. The summed E-state index contributed by atoms with van der Waals surface area (Å²) in [6.45, 7) is 0. The van der Waals surface area contributed by atoms with Crippen molar-refractivity contribution in [2.75, 3.05) is 0 Å². The molecule has 2 fully saturated rings. The van der Waals surface area contributed by atoms with Crippen LogP contribution in [0.25, 0.3) is 0 Å². The van der Waals surface area contributed by atoms with Crippen LogP contribution in [0.1, 0.15) is 11.7 Å². The van der Waals surface area contributed by atoms with E-state index in [1.54, 1.807) is 0 Å². The second-order valence-corrected chi connectivity index (χ2v) is 3.29. The van der Waals surface area contributed by atoms with Crippen molar-refractivity contribution in [1.82, 2.24) is 0 Å². The Hall–Kier alpha value is -1.55. The predicted octanol–water partition coefficient (Wildman–Crippen LogP) is 1.62. The van der Waals surface area contributed by atoms with Gasteiger partial charge in [-0.1, -0.05) is 30.3 Å². The molecule has 4 nitrogen and oxygen atoms in total. The summed E-state index contributed by atoms with van der Waals surface area (Å²) in [7, 11) is 0. The van der Waals surface area contributed by atoms with Gasteiger partial charge in [-0.25, -0.2) is 4.79 Å². The second-order valence-electron chi connectivity index (χ2n) is 3.29. The molecule has 2 saturated heterocycles. The number of hydrogen-bond donors (Lipinski definition) is 0. The van der Waals surface area contributed by atoms with Crippen LogP contribution < -0.4 is 0 Å². The summed E-state index contributed by atoms with van der Waals surface area (Å²) in [5.74, 6) is 0. The highest BCUT2D eigenvalue weighted by Crippen LogP contribution is 2.41. The number of fused-ring (bicyclic) bond motifs is 1. The van der Waals surface area contributed by atoms with Crippen LogP contribution in [0.15, 0.2) is 30.3 Å². The lowest BCUT2D eigenvalue weighted by atomic mass is 9.99. The van der Waals surface area contributed by atoms with E-state index in [9.17, 15) is 4.79 Å². The number of benzene rings is 1. The van der Waals surface area contributed by atoms with Crippen LogP contribution in [0.4, 0.5) is 4.79 Å². The molecule has 0 aliphatic carbocycles. The zero-order valence-corrected chi connectivity index (χ0v) is 7.25. The van der Waals surface area contributed by atoms with Crippen molar-refractivity contribution in [2.24, 2.45) is 0 Å². The number of hydrogen-bond acceptors (Lipinski definition) is 4. The maximum absolute atomic E-state index is 10.8. The molecule has 3 atom stereocenters. The van der Waals surface area contributed by atoms with Gasteiger partial charge in [-0.2, -0.15) is 0 Å². The van der Waals surface area contributed by atoms with Gasteiger partial charge in [-0.3, -0.25) is 0 Å². The normalized spacial score (nSPS) is 34.0. The first kappa shape index (κ1) is 7.82. The van der Waals surface area contributed by atoms with Crippen LogP contribution in [0.2, 0.25) is 0 Å². The zero-order valence-electron chi connectivity index (χ0n) is 7.25. The topological polar surface area (TPSA) is 44.8 Å². The van der Waals surface area contributed by atoms with Gasteiger partial charge in [0.05, 0.1) is 0 Å². The van der Waals surface area contributed by atoms with Gasteiger partial charge in [0.2, 0.25) is 6.29 Å². The Labute approximate surface area is 80.4 Å². The molecule has 0 aromatic heterocycles.